The molecule has 2 aromatic carbocycles. The number of anilines is 1. The Morgan fingerprint density at radius 1 is 1.17 bits per heavy atom. The van der Waals surface area contributed by atoms with Gasteiger partial charge in [-0.3, -0.25) is 14.2 Å². The fourth-order valence-corrected chi connectivity index (χ4v) is 3.81. The monoisotopic (exact) mass is 468 g/mol. The van der Waals surface area contributed by atoms with E-state index in [9.17, 15) is 14.0 Å². The third-order valence-electron chi connectivity index (χ3n) is 5.39. The summed E-state index contributed by atoms with van der Waals surface area (Å²) in [5.41, 5.74) is 13.0. The molecule has 0 aliphatic rings. The van der Waals surface area contributed by atoms with Gasteiger partial charge in [-0.05, 0) is 54.3 Å². The van der Waals surface area contributed by atoms with Crippen molar-refractivity contribution >= 4 is 28.1 Å². The van der Waals surface area contributed by atoms with E-state index in [1.807, 2.05) is 25.1 Å². The van der Waals surface area contributed by atoms with Crippen molar-refractivity contribution in [3.05, 3.63) is 100.0 Å². The van der Waals surface area contributed by atoms with Crippen LogP contribution in [-0.4, -0.2) is 25.1 Å². The van der Waals surface area contributed by atoms with E-state index in [1.54, 1.807) is 41.2 Å². The van der Waals surface area contributed by atoms with Gasteiger partial charge in [0.2, 0.25) is 0 Å². The Morgan fingerprint density at radius 3 is 2.57 bits per heavy atom. The van der Waals surface area contributed by atoms with Gasteiger partial charge in [0.25, 0.3) is 11.5 Å². The zero-order valence-corrected chi connectivity index (χ0v) is 18.8. The lowest BCUT2D eigenvalue weighted by Gasteiger charge is -2.14. The fourth-order valence-electron chi connectivity index (χ4n) is 3.81. The summed E-state index contributed by atoms with van der Waals surface area (Å²) in [7, 11) is 0. The quantitative estimate of drug-likeness (QED) is 0.394. The van der Waals surface area contributed by atoms with Gasteiger partial charge in [-0.2, -0.15) is 0 Å². The molecular weight excluding hydrogens is 447 g/mol. The van der Waals surface area contributed by atoms with Crippen LogP contribution in [0.15, 0.2) is 71.8 Å². The molecule has 0 bridgehead atoms. The van der Waals surface area contributed by atoms with Crippen molar-refractivity contribution in [2.24, 2.45) is 5.73 Å². The summed E-state index contributed by atoms with van der Waals surface area (Å²) in [4.78, 5) is 27.8. The Labute approximate surface area is 199 Å². The van der Waals surface area contributed by atoms with Crippen LogP contribution >= 0.6 is 0 Å². The number of terminal acetylenes is 1. The third kappa shape index (κ3) is 4.32. The number of aromatic nitrogens is 4. The number of nitrogens with two attached hydrogens (primary N) is 2. The molecule has 9 heteroatoms. The number of nitrogens with zero attached hydrogens (tertiary/aromatic N) is 4. The number of hydrogen-bond acceptors (Lipinski definition) is 5. The summed E-state index contributed by atoms with van der Waals surface area (Å²) in [5.74, 6) is 1.71. The molecule has 0 unspecified atom stereocenters. The summed E-state index contributed by atoms with van der Waals surface area (Å²) < 4.78 is 16.2. The van der Waals surface area contributed by atoms with Gasteiger partial charge < -0.3 is 11.5 Å². The summed E-state index contributed by atoms with van der Waals surface area (Å²) in [6.07, 6.45) is 9.39. The van der Waals surface area contributed by atoms with E-state index < -0.39 is 5.91 Å². The van der Waals surface area contributed by atoms with Gasteiger partial charge in [-0.15, -0.1) is 11.5 Å². The number of carbonyl (C=O) groups excluding carboxylic acids is 1. The molecule has 0 fully saturated rings. The SMILES string of the molecule is C#Cc1cccc2cc(CC)n(-c3ccc(F)cc3)c(=O)c12.NC(=O)c1c(N)nn2cccnc12. The van der Waals surface area contributed by atoms with E-state index >= 15 is 0 Å². The number of aryl methyl sites for hydroxylation is 1. The smallest absolute Gasteiger partial charge is 0.264 e. The Bertz CT molecular complexity index is 1660. The van der Waals surface area contributed by atoms with Crippen LogP contribution in [0.25, 0.3) is 22.1 Å². The number of fused-ring (bicyclic) bond motifs is 2. The molecule has 0 atom stereocenters. The third-order valence-corrected chi connectivity index (χ3v) is 5.39. The lowest BCUT2D eigenvalue weighted by atomic mass is 10.0. The zero-order chi connectivity index (χ0) is 25.1. The molecule has 0 radical (unpaired) electrons. The van der Waals surface area contributed by atoms with E-state index in [4.69, 9.17) is 17.9 Å². The highest BCUT2D eigenvalue weighted by atomic mass is 19.1. The first-order chi connectivity index (χ1) is 16.8. The Kier molecular flexibility index (Phi) is 6.29. The summed E-state index contributed by atoms with van der Waals surface area (Å²) in [5, 5.41) is 5.21. The van der Waals surface area contributed by atoms with Gasteiger partial charge in [0, 0.05) is 29.3 Å². The zero-order valence-electron chi connectivity index (χ0n) is 18.8. The van der Waals surface area contributed by atoms with Crippen molar-refractivity contribution < 1.29 is 9.18 Å². The van der Waals surface area contributed by atoms with Crippen LogP contribution in [0.4, 0.5) is 10.2 Å². The normalized spacial score (nSPS) is 10.5. The number of primary amides is 1. The summed E-state index contributed by atoms with van der Waals surface area (Å²) in [6, 6.07) is 15.0. The van der Waals surface area contributed by atoms with Gasteiger partial charge in [0.05, 0.1) is 5.39 Å². The Balaban J connectivity index is 0.000000189. The predicted octanol–water partition coefficient (Wildman–Crippen LogP) is 3.08. The summed E-state index contributed by atoms with van der Waals surface area (Å²) in [6.45, 7) is 1.98. The standard InChI is InChI=1S/C19H14FNO.C7H7N5O/c1-3-13-6-5-7-14-12-16(4-2)21(19(22)18(13)14)17-10-8-15(20)9-11-17;8-5-4(6(9)13)7-10-2-1-3-12(7)11-5/h1,5-12H,4H2,2H3;1-3H,(H2,8,11)(H2,9,13). The van der Waals surface area contributed by atoms with Crippen molar-refractivity contribution in [1.29, 1.82) is 0 Å². The minimum atomic E-state index is -0.619. The number of benzene rings is 2. The largest absolute Gasteiger partial charge is 0.381 e. The van der Waals surface area contributed by atoms with Crippen molar-refractivity contribution in [3.63, 3.8) is 0 Å². The van der Waals surface area contributed by atoms with Crippen molar-refractivity contribution in [2.45, 2.75) is 13.3 Å². The molecule has 8 nitrogen and oxygen atoms in total. The van der Waals surface area contributed by atoms with E-state index in [2.05, 4.69) is 16.0 Å². The van der Waals surface area contributed by atoms with Crippen molar-refractivity contribution in [3.8, 4) is 18.0 Å². The second-order valence-electron chi connectivity index (χ2n) is 7.53. The molecule has 35 heavy (non-hydrogen) atoms. The highest BCUT2D eigenvalue weighted by Gasteiger charge is 2.15. The Hall–Kier alpha value is -4.97. The second-order valence-corrected chi connectivity index (χ2v) is 7.53. The molecule has 0 aliphatic heterocycles. The number of amides is 1. The Morgan fingerprint density at radius 2 is 1.91 bits per heavy atom. The maximum Gasteiger partial charge on any atom is 0.264 e. The van der Waals surface area contributed by atoms with Gasteiger partial charge in [-0.1, -0.05) is 25.0 Å². The molecule has 0 spiro atoms. The highest BCUT2D eigenvalue weighted by molar-refractivity contribution is 6.03. The van der Waals surface area contributed by atoms with Crippen LogP contribution in [-0.2, 0) is 6.42 Å². The van der Waals surface area contributed by atoms with Crippen molar-refractivity contribution in [2.75, 3.05) is 5.73 Å². The van der Waals surface area contributed by atoms with Gasteiger partial charge in [-0.25, -0.2) is 13.9 Å². The first kappa shape index (κ1) is 23.2. The van der Waals surface area contributed by atoms with Crippen LogP contribution < -0.4 is 17.0 Å². The molecule has 3 aromatic heterocycles. The fraction of sp³-hybridized carbons (Fsp3) is 0.0769. The average molecular weight is 468 g/mol. The number of halogens is 1. The molecule has 4 N–H and O–H groups in total. The number of hydrogen-bond donors (Lipinski definition) is 2. The number of nitrogen functional groups attached to an aromatic ring is 1. The minimum Gasteiger partial charge on any atom is -0.381 e. The molecule has 174 valence electrons. The minimum absolute atomic E-state index is 0.103. The maximum atomic E-state index is 13.1. The van der Waals surface area contributed by atoms with Gasteiger partial charge in [0.15, 0.2) is 11.5 Å². The van der Waals surface area contributed by atoms with Gasteiger partial charge >= 0.3 is 0 Å². The molecule has 0 saturated heterocycles. The van der Waals surface area contributed by atoms with Crippen molar-refractivity contribution in [1.82, 2.24) is 19.2 Å². The first-order valence-corrected chi connectivity index (χ1v) is 10.6. The van der Waals surface area contributed by atoms with E-state index in [0.29, 0.717) is 28.7 Å². The van der Waals surface area contributed by atoms with E-state index in [1.165, 1.54) is 16.6 Å². The molecule has 3 heterocycles. The summed E-state index contributed by atoms with van der Waals surface area (Å²) >= 11 is 0. The number of rotatable bonds is 3. The topological polar surface area (TPSA) is 121 Å². The van der Waals surface area contributed by atoms with E-state index in [0.717, 1.165) is 11.1 Å². The van der Waals surface area contributed by atoms with Crippen LogP contribution in [0.5, 0.6) is 0 Å². The molecule has 0 saturated carbocycles. The lowest BCUT2D eigenvalue weighted by molar-refractivity contribution is 0.100. The molecular formula is C26H21FN6O2. The lowest BCUT2D eigenvalue weighted by Crippen LogP contribution is -2.22. The number of carbonyl (C=O) groups is 1. The highest BCUT2D eigenvalue weighted by Crippen LogP contribution is 2.19. The molecule has 5 aromatic rings. The average Bonchev–Trinajstić information content (AvgIpc) is 3.20. The van der Waals surface area contributed by atoms with Crippen LogP contribution in [0.2, 0.25) is 0 Å². The predicted molar refractivity (Wildman–Crippen MR) is 133 cm³/mol. The molecule has 5 rings (SSSR count). The maximum absolute atomic E-state index is 13.1. The van der Waals surface area contributed by atoms with Crippen LogP contribution in [0, 0.1) is 18.2 Å². The molecule has 1 amide bonds. The number of pyridine rings is 1. The molecule has 0 aliphatic carbocycles. The second kappa shape index (κ2) is 9.49. The van der Waals surface area contributed by atoms with Crippen LogP contribution in [0.1, 0.15) is 28.5 Å². The van der Waals surface area contributed by atoms with E-state index in [-0.39, 0.29) is 22.8 Å². The van der Waals surface area contributed by atoms with Crippen LogP contribution in [0.3, 0.4) is 0 Å². The van der Waals surface area contributed by atoms with Gasteiger partial charge in [0.1, 0.15) is 11.4 Å². The first-order valence-electron chi connectivity index (χ1n) is 10.6.